The Labute approximate surface area is 105 Å². The molecule has 2 unspecified atom stereocenters. The van der Waals surface area contributed by atoms with Crippen molar-refractivity contribution in [3.05, 3.63) is 18.2 Å². The first kappa shape index (κ1) is 12.6. The molecule has 1 aromatic rings. The number of nitrogens with one attached hydrogen (secondary N) is 1. The summed E-state index contributed by atoms with van der Waals surface area (Å²) in [5.41, 5.74) is 0. The molecule has 3 heteroatoms. The van der Waals surface area contributed by atoms with E-state index in [1.807, 2.05) is 6.20 Å². The van der Waals surface area contributed by atoms with E-state index in [0.29, 0.717) is 6.04 Å². The smallest absolute Gasteiger partial charge is 0.108 e. The molecule has 1 heterocycles. The highest BCUT2D eigenvalue weighted by Gasteiger charge is 2.20. The third-order valence-electron chi connectivity index (χ3n) is 4.05. The average molecular weight is 235 g/mol. The van der Waals surface area contributed by atoms with Crippen molar-refractivity contribution in [1.29, 1.82) is 0 Å². The molecule has 0 spiro atoms. The third kappa shape index (κ3) is 3.32. The lowest BCUT2D eigenvalue weighted by Crippen LogP contribution is -2.27. The molecule has 1 fully saturated rings. The van der Waals surface area contributed by atoms with Gasteiger partial charge in [-0.05, 0) is 39.2 Å². The first-order valence-corrected chi connectivity index (χ1v) is 7.00. The molecule has 0 bridgehead atoms. The van der Waals surface area contributed by atoms with E-state index in [9.17, 15) is 0 Å². The Hall–Kier alpha value is -0.830. The van der Waals surface area contributed by atoms with E-state index >= 15 is 0 Å². The third-order valence-corrected chi connectivity index (χ3v) is 4.05. The molecule has 1 aromatic heterocycles. The molecule has 1 N–H and O–H groups in total. The van der Waals surface area contributed by atoms with E-state index in [-0.39, 0.29) is 0 Å². The fourth-order valence-corrected chi connectivity index (χ4v) is 2.99. The van der Waals surface area contributed by atoms with E-state index in [1.165, 1.54) is 37.9 Å². The second-order valence-corrected chi connectivity index (χ2v) is 5.21. The van der Waals surface area contributed by atoms with Crippen LogP contribution in [-0.2, 0) is 13.0 Å². The maximum Gasteiger partial charge on any atom is 0.108 e. The van der Waals surface area contributed by atoms with Crippen molar-refractivity contribution in [2.45, 2.75) is 58.0 Å². The van der Waals surface area contributed by atoms with Crippen molar-refractivity contribution >= 4 is 0 Å². The number of hydrogen-bond acceptors (Lipinski definition) is 2. The van der Waals surface area contributed by atoms with Crippen LogP contribution in [0.2, 0.25) is 0 Å². The van der Waals surface area contributed by atoms with Gasteiger partial charge in [0.1, 0.15) is 5.82 Å². The van der Waals surface area contributed by atoms with Gasteiger partial charge in [-0.25, -0.2) is 4.98 Å². The highest BCUT2D eigenvalue weighted by Crippen LogP contribution is 2.25. The van der Waals surface area contributed by atoms with Crippen molar-refractivity contribution in [3.8, 4) is 0 Å². The molecule has 0 aliphatic heterocycles. The maximum atomic E-state index is 4.51. The Bertz CT molecular complexity index is 332. The molecular weight excluding hydrogens is 210 g/mol. The van der Waals surface area contributed by atoms with Crippen LogP contribution in [0.3, 0.4) is 0 Å². The summed E-state index contributed by atoms with van der Waals surface area (Å²) in [5, 5.41) is 3.45. The standard InChI is InChI=1S/C14H25N3/c1-3-17-9-8-16-14(17)11-12-6-4-5-7-13(10-12)15-2/h8-9,12-13,15H,3-7,10-11H2,1-2H3. The lowest BCUT2D eigenvalue weighted by Gasteiger charge is -2.19. The van der Waals surface area contributed by atoms with Crippen LogP contribution in [0.1, 0.15) is 44.9 Å². The molecule has 1 aliphatic carbocycles. The minimum Gasteiger partial charge on any atom is -0.335 e. The molecule has 96 valence electrons. The number of aromatic nitrogens is 2. The van der Waals surface area contributed by atoms with Crippen molar-refractivity contribution in [2.24, 2.45) is 5.92 Å². The van der Waals surface area contributed by atoms with Gasteiger partial charge in [-0.2, -0.15) is 0 Å². The zero-order valence-corrected chi connectivity index (χ0v) is 11.2. The monoisotopic (exact) mass is 235 g/mol. The molecule has 0 radical (unpaired) electrons. The van der Waals surface area contributed by atoms with Crippen LogP contribution in [0.4, 0.5) is 0 Å². The Balaban J connectivity index is 1.97. The molecule has 0 saturated heterocycles. The Morgan fingerprint density at radius 1 is 1.41 bits per heavy atom. The lowest BCUT2D eigenvalue weighted by atomic mass is 9.94. The summed E-state index contributed by atoms with van der Waals surface area (Å²) in [5.74, 6) is 2.08. The Kier molecular flexibility index (Phi) is 4.60. The van der Waals surface area contributed by atoms with Gasteiger partial charge in [0, 0.05) is 31.4 Å². The van der Waals surface area contributed by atoms with E-state index in [4.69, 9.17) is 0 Å². The largest absolute Gasteiger partial charge is 0.335 e. The highest BCUT2D eigenvalue weighted by atomic mass is 15.1. The van der Waals surface area contributed by atoms with Crippen LogP contribution in [0.15, 0.2) is 12.4 Å². The van der Waals surface area contributed by atoms with E-state index in [1.54, 1.807) is 0 Å². The van der Waals surface area contributed by atoms with Gasteiger partial charge in [-0.1, -0.05) is 12.8 Å². The normalized spacial score (nSPS) is 25.8. The summed E-state index contributed by atoms with van der Waals surface area (Å²) in [6.45, 7) is 3.23. The van der Waals surface area contributed by atoms with Gasteiger partial charge in [0.15, 0.2) is 0 Å². The molecule has 17 heavy (non-hydrogen) atoms. The molecule has 1 aliphatic rings. The predicted molar refractivity (Wildman–Crippen MR) is 71.0 cm³/mol. The Morgan fingerprint density at radius 3 is 3.00 bits per heavy atom. The van der Waals surface area contributed by atoms with Crippen LogP contribution < -0.4 is 5.32 Å². The van der Waals surface area contributed by atoms with E-state index in [2.05, 4.69) is 35.0 Å². The molecule has 3 nitrogen and oxygen atoms in total. The second-order valence-electron chi connectivity index (χ2n) is 5.21. The highest BCUT2D eigenvalue weighted by molar-refractivity contribution is 4.95. The number of nitrogens with zero attached hydrogens (tertiary/aromatic N) is 2. The van der Waals surface area contributed by atoms with Crippen LogP contribution >= 0.6 is 0 Å². The summed E-state index contributed by atoms with van der Waals surface area (Å²) >= 11 is 0. The number of hydrogen-bond donors (Lipinski definition) is 1. The SMILES string of the molecule is CCn1ccnc1CC1CCCCC(NC)C1. The van der Waals surface area contributed by atoms with E-state index < -0.39 is 0 Å². The van der Waals surface area contributed by atoms with Crippen LogP contribution in [0.5, 0.6) is 0 Å². The van der Waals surface area contributed by atoms with Crippen LogP contribution in [0.25, 0.3) is 0 Å². The second kappa shape index (κ2) is 6.20. The van der Waals surface area contributed by atoms with Gasteiger partial charge in [0.05, 0.1) is 0 Å². The molecule has 2 rings (SSSR count). The van der Waals surface area contributed by atoms with Gasteiger partial charge >= 0.3 is 0 Å². The molecule has 0 amide bonds. The maximum absolute atomic E-state index is 4.51. The Morgan fingerprint density at radius 2 is 2.24 bits per heavy atom. The zero-order chi connectivity index (χ0) is 12.1. The summed E-state index contributed by atoms with van der Waals surface area (Å²) in [7, 11) is 2.10. The van der Waals surface area contributed by atoms with E-state index in [0.717, 1.165) is 18.9 Å². The van der Waals surface area contributed by atoms with Crippen molar-refractivity contribution in [3.63, 3.8) is 0 Å². The van der Waals surface area contributed by atoms with Gasteiger partial charge < -0.3 is 9.88 Å². The topological polar surface area (TPSA) is 29.9 Å². The van der Waals surface area contributed by atoms with Crippen molar-refractivity contribution < 1.29 is 0 Å². The first-order valence-electron chi connectivity index (χ1n) is 7.00. The van der Waals surface area contributed by atoms with Crippen molar-refractivity contribution in [1.82, 2.24) is 14.9 Å². The number of aryl methyl sites for hydroxylation is 1. The first-order chi connectivity index (χ1) is 8.33. The minimum atomic E-state index is 0.715. The number of rotatable bonds is 4. The summed E-state index contributed by atoms with van der Waals surface area (Å²) in [4.78, 5) is 4.51. The number of imidazole rings is 1. The fraction of sp³-hybridized carbons (Fsp3) is 0.786. The summed E-state index contributed by atoms with van der Waals surface area (Å²) in [6.07, 6.45) is 12.0. The van der Waals surface area contributed by atoms with Crippen LogP contribution in [-0.4, -0.2) is 22.6 Å². The minimum absolute atomic E-state index is 0.715. The summed E-state index contributed by atoms with van der Waals surface area (Å²) < 4.78 is 2.28. The van der Waals surface area contributed by atoms with Crippen molar-refractivity contribution in [2.75, 3.05) is 7.05 Å². The molecule has 1 saturated carbocycles. The van der Waals surface area contributed by atoms with Gasteiger partial charge in [0.25, 0.3) is 0 Å². The zero-order valence-electron chi connectivity index (χ0n) is 11.2. The molecule has 0 aromatic carbocycles. The average Bonchev–Trinajstić information content (AvgIpc) is 2.66. The van der Waals surface area contributed by atoms with Crippen LogP contribution in [0, 0.1) is 5.92 Å². The lowest BCUT2D eigenvalue weighted by molar-refractivity contribution is 0.390. The van der Waals surface area contributed by atoms with Gasteiger partial charge in [0.2, 0.25) is 0 Å². The fourth-order valence-electron chi connectivity index (χ4n) is 2.99. The van der Waals surface area contributed by atoms with Gasteiger partial charge in [-0.15, -0.1) is 0 Å². The van der Waals surface area contributed by atoms with Gasteiger partial charge in [-0.3, -0.25) is 0 Å². The summed E-state index contributed by atoms with van der Waals surface area (Å²) in [6, 6.07) is 0.715. The molecular formula is C14H25N3. The quantitative estimate of drug-likeness (QED) is 0.813. The molecule has 2 atom stereocenters. The predicted octanol–water partition coefficient (Wildman–Crippen LogP) is 2.61.